The van der Waals surface area contributed by atoms with Crippen molar-refractivity contribution in [3.05, 3.63) is 67.7 Å². The predicted octanol–water partition coefficient (Wildman–Crippen LogP) is 7.82. The highest BCUT2D eigenvalue weighted by molar-refractivity contribution is 7.67. The largest absolute Gasteiger partial charge is 0.293 e. The smallest absolute Gasteiger partial charge is 0.243 e. The van der Waals surface area contributed by atoms with Gasteiger partial charge in [-0.1, -0.05) is 72.3 Å². The van der Waals surface area contributed by atoms with Crippen molar-refractivity contribution < 1.29 is 14.2 Å². The molecule has 2 aromatic carbocycles. The van der Waals surface area contributed by atoms with E-state index in [0.29, 0.717) is 23.4 Å². The van der Waals surface area contributed by atoms with Crippen LogP contribution in [0, 0.1) is 13.8 Å². The number of benzene rings is 2. The van der Waals surface area contributed by atoms with Gasteiger partial charge in [-0.15, -0.1) is 0 Å². The third kappa shape index (κ3) is 4.16. The van der Waals surface area contributed by atoms with Gasteiger partial charge in [-0.2, -0.15) is 0 Å². The minimum absolute atomic E-state index is 0.0947. The molecule has 3 rings (SSSR count). The molecule has 1 radical (unpaired) electrons. The lowest BCUT2D eigenvalue weighted by atomic mass is 9.82. The lowest BCUT2D eigenvalue weighted by Crippen LogP contribution is -2.39. The molecule has 1 atom stereocenters. The van der Waals surface area contributed by atoms with Gasteiger partial charge in [0.25, 0.3) is 0 Å². The Morgan fingerprint density at radius 1 is 0.897 bits per heavy atom. The molecule has 3 nitrogen and oxygen atoms in total. The van der Waals surface area contributed by atoms with Crippen LogP contribution in [0.15, 0.2) is 30.3 Å². The van der Waals surface area contributed by atoms with Crippen LogP contribution in [0.5, 0.6) is 0 Å². The first-order valence-corrected chi connectivity index (χ1v) is 11.9. The first-order valence-electron chi connectivity index (χ1n) is 9.46. The van der Waals surface area contributed by atoms with Crippen LogP contribution in [0.1, 0.15) is 63.9 Å². The van der Waals surface area contributed by atoms with E-state index in [9.17, 15) is 14.2 Å². The molecule has 1 aliphatic carbocycles. The Hall–Kier alpha value is -1.25. The highest BCUT2D eigenvalue weighted by atomic mass is 35.5. The summed E-state index contributed by atoms with van der Waals surface area (Å²) >= 11 is 18.6. The van der Waals surface area contributed by atoms with Gasteiger partial charge in [0, 0.05) is 10.6 Å². The molecule has 153 valence electrons. The zero-order valence-electron chi connectivity index (χ0n) is 16.2. The van der Waals surface area contributed by atoms with Crippen molar-refractivity contribution in [2.24, 2.45) is 0 Å². The van der Waals surface area contributed by atoms with Gasteiger partial charge in [0.2, 0.25) is 5.52 Å². The average Bonchev–Trinajstić information content (AvgIpc) is 2.66. The first-order chi connectivity index (χ1) is 13.7. The second kappa shape index (κ2) is 8.86. The Morgan fingerprint density at radius 3 is 1.93 bits per heavy atom. The summed E-state index contributed by atoms with van der Waals surface area (Å²) in [5, 5.41) is -0.772. The summed E-state index contributed by atoms with van der Waals surface area (Å²) in [6, 6.07) is 8.36. The Balaban J connectivity index is 2.11. The molecule has 0 N–H and O–H groups in total. The Labute approximate surface area is 186 Å². The molecule has 0 aliphatic heterocycles. The highest BCUT2D eigenvalue weighted by Gasteiger charge is 2.50. The van der Waals surface area contributed by atoms with Crippen molar-refractivity contribution in [1.82, 2.24) is 0 Å². The minimum atomic E-state index is -2.54. The number of hydrogen-bond acceptors (Lipinski definition) is 3. The molecule has 0 heterocycles. The van der Waals surface area contributed by atoms with E-state index in [2.05, 4.69) is 0 Å². The van der Waals surface area contributed by atoms with Crippen molar-refractivity contribution in [1.29, 1.82) is 0 Å². The summed E-state index contributed by atoms with van der Waals surface area (Å²) < 4.78 is 13.7. The van der Waals surface area contributed by atoms with Gasteiger partial charge >= 0.3 is 0 Å². The van der Waals surface area contributed by atoms with Crippen LogP contribution in [0.2, 0.25) is 15.1 Å². The van der Waals surface area contributed by atoms with Crippen LogP contribution in [0.3, 0.4) is 0 Å². The number of Topliss-reactive ketones (excluding diaryl/α,β-unsaturated/α-hetero) is 1. The van der Waals surface area contributed by atoms with Crippen molar-refractivity contribution in [2.45, 2.75) is 51.1 Å². The van der Waals surface area contributed by atoms with E-state index >= 15 is 0 Å². The topological polar surface area (TPSA) is 51.2 Å². The van der Waals surface area contributed by atoms with Gasteiger partial charge in [-0.05, 0) is 49.9 Å². The van der Waals surface area contributed by atoms with E-state index < -0.39 is 24.3 Å². The third-order valence-electron chi connectivity index (χ3n) is 5.61. The fraction of sp³-hybridized carbons (Fsp3) is 0.364. The van der Waals surface area contributed by atoms with Crippen LogP contribution in [0.25, 0.3) is 0 Å². The van der Waals surface area contributed by atoms with Crippen molar-refractivity contribution >= 4 is 53.9 Å². The van der Waals surface area contributed by atoms with Gasteiger partial charge in [0.1, 0.15) is 5.16 Å². The molecule has 29 heavy (non-hydrogen) atoms. The van der Waals surface area contributed by atoms with Gasteiger partial charge in [-0.25, -0.2) is 0 Å². The van der Waals surface area contributed by atoms with E-state index in [-0.39, 0.29) is 15.6 Å². The van der Waals surface area contributed by atoms with E-state index in [4.69, 9.17) is 34.8 Å². The summed E-state index contributed by atoms with van der Waals surface area (Å²) in [7, 11) is -2.54. The van der Waals surface area contributed by atoms with Crippen LogP contribution >= 0.6 is 42.6 Å². The molecule has 0 spiro atoms. The number of carbonyl (C=O) groups excluding carboxylic acids is 2. The molecule has 1 fully saturated rings. The standard InChI is InChI=1S/C22H21Cl3O3P/c1-13-7-6-8-14(2)18(13)21(27)29(28)22(9-4-3-5-10-22)20(26)19-16(24)11-15(23)12-17(19)25/h6-8,11-12H,3-5,9-10H2,1-2H3. The molecular weight excluding hydrogens is 450 g/mol. The van der Waals surface area contributed by atoms with E-state index in [1.165, 1.54) is 12.1 Å². The van der Waals surface area contributed by atoms with Crippen molar-refractivity contribution in [3.8, 4) is 0 Å². The summed E-state index contributed by atoms with van der Waals surface area (Å²) in [5.74, 6) is -0.426. The maximum Gasteiger partial charge on any atom is 0.243 e. The van der Waals surface area contributed by atoms with Crippen molar-refractivity contribution in [3.63, 3.8) is 0 Å². The number of carbonyl (C=O) groups is 2. The average molecular weight is 471 g/mol. The fourth-order valence-corrected chi connectivity index (χ4v) is 7.05. The normalized spacial score (nSPS) is 16.4. The molecule has 0 aromatic heterocycles. The van der Waals surface area contributed by atoms with Gasteiger partial charge in [0.15, 0.2) is 13.6 Å². The van der Waals surface area contributed by atoms with E-state index in [1.54, 1.807) is 0 Å². The second-order valence-corrected chi connectivity index (χ2v) is 10.6. The van der Waals surface area contributed by atoms with Gasteiger partial charge in [-0.3, -0.25) is 14.2 Å². The molecule has 0 bridgehead atoms. The minimum Gasteiger partial charge on any atom is -0.293 e. The Kier molecular flexibility index (Phi) is 6.85. The zero-order chi connectivity index (χ0) is 21.3. The number of ketones is 1. The molecule has 1 saturated carbocycles. The van der Waals surface area contributed by atoms with Gasteiger partial charge in [0.05, 0.1) is 15.6 Å². The zero-order valence-corrected chi connectivity index (χ0v) is 19.4. The summed E-state index contributed by atoms with van der Waals surface area (Å²) in [4.78, 5) is 27.0. The maximum absolute atomic E-state index is 13.7. The molecule has 0 saturated heterocycles. The Morgan fingerprint density at radius 2 is 1.41 bits per heavy atom. The first kappa shape index (κ1) is 22.4. The van der Waals surface area contributed by atoms with Crippen LogP contribution < -0.4 is 0 Å². The Bertz CT molecular complexity index is 967. The quantitative estimate of drug-likeness (QED) is 0.330. The molecule has 0 amide bonds. The van der Waals surface area contributed by atoms with Crippen LogP contribution in [0.4, 0.5) is 0 Å². The number of halogens is 3. The maximum atomic E-state index is 13.7. The monoisotopic (exact) mass is 469 g/mol. The third-order valence-corrected chi connectivity index (χ3v) is 8.44. The number of rotatable bonds is 5. The lowest BCUT2D eigenvalue weighted by molar-refractivity contribution is 0.0903. The van der Waals surface area contributed by atoms with Crippen molar-refractivity contribution in [2.75, 3.05) is 0 Å². The second-order valence-electron chi connectivity index (χ2n) is 7.53. The van der Waals surface area contributed by atoms with E-state index in [1.807, 2.05) is 32.0 Å². The molecule has 1 aliphatic rings. The number of aryl methyl sites for hydroxylation is 2. The summed E-state index contributed by atoms with van der Waals surface area (Å²) in [5.41, 5.74) is 1.54. The predicted molar refractivity (Wildman–Crippen MR) is 119 cm³/mol. The molecule has 2 aromatic rings. The SMILES string of the molecule is Cc1cccc(C)c1C(=O)[P](=O)C1(C(=O)c2c(Cl)cc(Cl)cc2Cl)CCCCC1. The molecule has 1 unspecified atom stereocenters. The number of hydrogen-bond donors (Lipinski definition) is 0. The lowest BCUT2D eigenvalue weighted by Gasteiger charge is -2.34. The summed E-state index contributed by atoms with van der Waals surface area (Å²) in [6.07, 6.45) is 3.10. The molecule has 7 heteroatoms. The fourth-order valence-electron chi connectivity index (χ4n) is 4.10. The van der Waals surface area contributed by atoms with Crippen LogP contribution in [-0.4, -0.2) is 16.5 Å². The summed E-state index contributed by atoms with van der Waals surface area (Å²) in [6.45, 7) is 3.62. The molecular formula is C22H21Cl3O3P. The van der Waals surface area contributed by atoms with Crippen LogP contribution in [-0.2, 0) is 4.57 Å². The van der Waals surface area contributed by atoms with E-state index in [0.717, 1.165) is 30.4 Å². The highest BCUT2D eigenvalue weighted by Crippen LogP contribution is 2.54. The van der Waals surface area contributed by atoms with Gasteiger partial charge < -0.3 is 0 Å².